The number of hydrogen-bond donors (Lipinski definition) is 1. The smallest absolute Gasteiger partial charge is 0.329 e. The average Bonchev–Trinajstić information content (AvgIpc) is 2.81. The van der Waals surface area contributed by atoms with Crippen LogP contribution < -0.4 is 0 Å². The molecule has 106 valence electrons. The summed E-state index contributed by atoms with van der Waals surface area (Å²) in [5.41, 5.74) is -0.204. The Bertz CT molecular complexity index is 564. The molecule has 1 heterocycles. The summed E-state index contributed by atoms with van der Waals surface area (Å²) in [6.07, 6.45) is 1.14. The number of Topliss-reactive ketones (excluding diaryl/α,β-unsaturated/α-hetero) is 1. The normalized spacial score (nSPS) is 21.8. The van der Waals surface area contributed by atoms with Gasteiger partial charge in [-0.2, -0.15) is 0 Å². The highest BCUT2D eigenvalue weighted by Gasteiger charge is 2.46. The van der Waals surface area contributed by atoms with Crippen LogP contribution in [-0.2, 0) is 4.79 Å². The number of rotatable bonds is 3. The molecule has 1 aliphatic heterocycles. The molecule has 1 atom stereocenters. The fourth-order valence-corrected chi connectivity index (χ4v) is 2.51. The van der Waals surface area contributed by atoms with Crippen LogP contribution in [0.25, 0.3) is 0 Å². The third kappa shape index (κ3) is 2.31. The number of carboxylic acid groups (broad SMARTS) is 1. The van der Waals surface area contributed by atoms with Gasteiger partial charge in [-0.3, -0.25) is 9.59 Å². The molecule has 0 aromatic heterocycles. The first-order valence-electron chi connectivity index (χ1n) is 6.52. The number of aliphatic carboxylic acids is 1. The van der Waals surface area contributed by atoms with Crippen molar-refractivity contribution in [2.75, 3.05) is 6.54 Å². The molecule has 1 saturated heterocycles. The highest BCUT2D eigenvalue weighted by atomic mass is 16.4. The predicted octanol–water partition coefficient (Wildman–Crippen LogP) is 1.97. The van der Waals surface area contributed by atoms with Gasteiger partial charge in [-0.1, -0.05) is 12.1 Å². The molecule has 5 heteroatoms. The van der Waals surface area contributed by atoms with Crippen LogP contribution in [0.2, 0.25) is 0 Å². The van der Waals surface area contributed by atoms with Gasteiger partial charge in [0.1, 0.15) is 5.54 Å². The van der Waals surface area contributed by atoms with Crippen LogP contribution in [-0.4, -0.2) is 39.7 Å². The number of carbonyl (C=O) groups excluding carboxylic acids is 2. The minimum atomic E-state index is -1.14. The molecule has 1 fully saturated rings. The standard InChI is InChI=1S/C15H17NO4/c1-10(17)11-4-6-12(7-5-11)13(18)16-9-3-8-15(16,2)14(19)20/h4-7H,3,8-9H2,1-2H3,(H,19,20). The van der Waals surface area contributed by atoms with Crippen LogP contribution in [0.15, 0.2) is 24.3 Å². The van der Waals surface area contributed by atoms with Crippen LogP contribution in [0.1, 0.15) is 47.4 Å². The summed E-state index contributed by atoms with van der Waals surface area (Å²) in [6.45, 7) is 3.47. The lowest BCUT2D eigenvalue weighted by molar-refractivity contribution is -0.147. The Morgan fingerprint density at radius 1 is 1.15 bits per heavy atom. The van der Waals surface area contributed by atoms with Crippen LogP contribution in [0, 0.1) is 0 Å². The molecule has 0 radical (unpaired) electrons. The highest BCUT2D eigenvalue weighted by Crippen LogP contribution is 2.30. The fourth-order valence-electron chi connectivity index (χ4n) is 2.51. The van der Waals surface area contributed by atoms with Gasteiger partial charge in [0.15, 0.2) is 5.78 Å². The topological polar surface area (TPSA) is 74.7 Å². The summed E-state index contributed by atoms with van der Waals surface area (Å²) in [5.74, 6) is -1.35. The van der Waals surface area contributed by atoms with E-state index in [1.54, 1.807) is 31.2 Å². The number of amides is 1. The summed E-state index contributed by atoms with van der Waals surface area (Å²) >= 11 is 0. The molecule has 1 unspecified atom stereocenters. The van der Waals surface area contributed by atoms with Crippen LogP contribution in [0.5, 0.6) is 0 Å². The fraction of sp³-hybridized carbons (Fsp3) is 0.400. The Balaban J connectivity index is 2.27. The molecule has 0 saturated carbocycles. The monoisotopic (exact) mass is 275 g/mol. The van der Waals surface area contributed by atoms with Gasteiger partial charge in [-0.25, -0.2) is 4.79 Å². The van der Waals surface area contributed by atoms with Gasteiger partial charge in [0, 0.05) is 17.7 Å². The van der Waals surface area contributed by atoms with Crippen molar-refractivity contribution < 1.29 is 19.5 Å². The van der Waals surface area contributed by atoms with Gasteiger partial charge in [0.2, 0.25) is 0 Å². The van der Waals surface area contributed by atoms with Crippen molar-refractivity contribution in [1.29, 1.82) is 0 Å². The molecule has 1 amide bonds. The predicted molar refractivity (Wildman–Crippen MR) is 72.8 cm³/mol. The number of nitrogens with zero attached hydrogens (tertiary/aromatic N) is 1. The van der Waals surface area contributed by atoms with E-state index in [4.69, 9.17) is 0 Å². The first kappa shape index (κ1) is 14.2. The van der Waals surface area contributed by atoms with Gasteiger partial charge >= 0.3 is 5.97 Å². The maximum atomic E-state index is 12.4. The molecule has 1 N–H and O–H groups in total. The van der Waals surface area contributed by atoms with E-state index in [-0.39, 0.29) is 11.7 Å². The van der Waals surface area contributed by atoms with Crippen molar-refractivity contribution in [3.8, 4) is 0 Å². The molecule has 0 bridgehead atoms. The Kier molecular flexibility index (Phi) is 3.61. The molecule has 1 aromatic carbocycles. The summed E-state index contributed by atoms with van der Waals surface area (Å²) in [6, 6.07) is 6.31. The number of ketones is 1. The minimum absolute atomic E-state index is 0.0689. The molecule has 1 aromatic rings. The van der Waals surface area contributed by atoms with Gasteiger partial charge in [0.05, 0.1) is 0 Å². The van der Waals surface area contributed by atoms with Gasteiger partial charge in [0.25, 0.3) is 5.91 Å². The zero-order valence-electron chi connectivity index (χ0n) is 11.5. The van der Waals surface area contributed by atoms with Crippen LogP contribution in [0.4, 0.5) is 0 Å². The van der Waals surface area contributed by atoms with Gasteiger partial charge < -0.3 is 10.0 Å². The lowest BCUT2D eigenvalue weighted by atomic mass is 9.98. The second kappa shape index (κ2) is 5.07. The van der Waals surface area contributed by atoms with E-state index in [0.717, 1.165) is 0 Å². The first-order valence-corrected chi connectivity index (χ1v) is 6.52. The molecule has 1 aliphatic rings. The second-order valence-electron chi connectivity index (χ2n) is 5.27. The Labute approximate surface area is 117 Å². The first-order chi connectivity index (χ1) is 9.36. The molecular weight excluding hydrogens is 258 g/mol. The van der Waals surface area contributed by atoms with Gasteiger partial charge in [-0.05, 0) is 38.8 Å². The van der Waals surface area contributed by atoms with E-state index in [1.807, 2.05) is 0 Å². The summed E-state index contributed by atoms with van der Waals surface area (Å²) in [5, 5.41) is 9.32. The van der Waals surface area contributed by atoms with E-state index in [2.05, 4.69) is 0 Å². The van der Waals surface area contributed by atoms with Crippen molar-refractivity contribution in [1.82, 2.24) is 4.90 Å². The van der Waals surface area contributed by atoms with Gasteiger partial charge in [-0.15, -0.1) is 0 Å². The van der Waals surface area contributed by atoms with Crippen molar-refractivity contribution in [2.24, 2.45) is 0 Å². The number of hydrogen-bond acceptors (Lipinski definition) is 3. The molecule has 0 spiro atoms. The summed E-state index contributed by atoms with van der Waals surface area (Å²) in [7, 11) is 0. The molecular formula is C15H17NO4. The Morgan fingerprint density at radius 2 is 1.70 bits per heavy atom. The number of carbonyl (C=O) groups is 3. The maximum Gasteiger partial charge on any atom is 0.329 e. The van der Waals surface area contributed by atoms with E-state index < -0.39 is 11.5 Å². The van der Waals surface area contributed by atoms with Crippen molar-refractivity contribution in [2.45, 2.75) is 32.2 Å². The van der Waals surface area contributed by atoms with Crippen molar-refractivity contribution in [3.63, 3.8) is 0 Å². The third-order valence-electron chi connectivity index (χ3n) is 3.89. The third-order valence-corrected chi connectivity index (χ3v) is 3.89. The lowest BCUT2D eigenvalue weighted by Gasteiger charge is -2.31. The molecule has 0 aliphatic carbocycles. The quantitative estimate of drug-likeness (QED) is 0.856. The van der Waals surface area contributed by atoms with Crippen LogP contribution >= 0.6 is 0 Å². The zero-order chi connectivity index (χ0) is 14.9. The van der Waals surface area contributed by atoms with Crippen molar-refractivity contribution in [3.05, 3.63) is 35.4 Å². The average molecular weight is 275 g/mol. The highest BCUT2D eigenvalue weighted by molar-refractivity contribution is 6.00. The molecule has 2 rings (SSSR count). The SMILES string of the molecule is CC(=O)c1ccc(C(=O)N2CCCC2(C)C(=O)O)cc1. The minimum Gasteiger partial charge on any atom is -0.480 e. The summed E-state index contributed by atoms with van der Waals surface area (Å²) < 4.78 is 0. The van der Waals surface area contributed by atoms with E-state index in [0.29, 0.717) is 30.5 Å². The second-order valence-corrected chi connectivity index (χ2v) is 5.27. The lowest BCUT2D eigenvalue weighted by Crippen LogP contribution is -2.50. The number of likely N-dealkylation sites (tertiary alicyclic amines) is 1. The van der Waals surface area contributed by atoms with E-state index >= 15 is 0 Å². The molecule has 5 nitrogen and oxygen atoms in total. The largest absolute Gasteiger partial charge is 0.480 e. The Hall–Kier alpha value is -2.17. The van der Waals surface area contributed by atoms with Crippen molar-refractivity contribution >= 4 is 17.7 Å². The molecule has 20 heavy (non-hydrogen) atoms. The zero-order valence-corrected chi connectivity index (χ0v) is 11.5. The van der Waals surface area contributed by atoms with Crippen LogP contribution in [0.3, 0.4) is 0 Å². The van der Waals surface area contributed by atoms with E-state index in [9.17, 15) is 19.5 Å². The summed E-state index contributed by atoms with van der Waals surface area (Å²) in [4.78, 5) is 36.4. The Morgan fingerprint density at radius 3 is 2.20 bits per heavy atom. The number of carboxylic acids is 1. The van der Waals surface area contributed by atoms with E-state index in [1.165, 1.54) is 11.8 Å². The maximum absolute atomic E-state index is 12.4. The number of benzene rings is 1.